The van der Waals surface area contributed by atoms with Gasteiger partial charge in [-0.3, -0.25) is 4.79 Å². The van der Waals surface area contributed by atoms with Crippen LogP contribution in [-0.2, 0) is 4.79 Å². The van der Waals surface area contributed by atoms with Crippen molar-refractivity contribution in [1.82, 2.24) is 0 Å². The minimum atomic E-state index is -0.462. The lowest BCUT2D eigenvalue weighted by Crippen LogP contribution is -2.26. The van der Waals surface area contributed by atoms with Gasteiger partial charge in [-0.05, 0) is 35.9 Å². The number of methoxy groups -OCH3 is 1. The summed E-state index contributed by atoms with van der Waals surface area (Å²) >= 11 is 0. The summed E-state index contributed by atoms with van der Waals surface area (Å²) in [7, 11) is 1.59. The number of fused-ring (bicyclic) bond motifs is 1. The Hall–Kier alpha value is -3.08. The van der Waals surface area contributed by atoms with Crippen LogP contribution in [0.15, 0.2) is 57.7 Å². The molecule has 0 saturated carbocycles. The first-order valence-corrected chi connectivity index (χ1v) is 8.66. The lowest BCUT2D eigenvalue weighted by Gasteiger charge is -2.16. The Morgan fingerprint density at radius 2 is 1.67 bits per heavy atom. The van der Waals surface area contributed by atoms with Gasteiger partial charge in [-0.2, -0.15) is 0 Å². The summed E-state index contributed by atoms with van der Waals surface area (Å²) < 4.78 is 16.2. The van der Waals surface area contributed by atoms with Gasteiger partial charge in [0.25, 0.3) is 0 Å². The van der Waals surface area contributed by atoms with E-state index in [2.05, 4.69) is 0 Å². The van der Waals surface area contributed by atoms with Gasteiger partial charge in [-0.25, -0.2) is 4.79 Å². The minimum Gasteiger partial charge on any atom is -0.497 e. The molecule has 1 heterocycles. The first kappa shape index (κ1) is 18.7. The van der Waals surface area contributed by atoms with Crippen molar-refractivity contribution in [3.63, 3.8) is 0 Å². The van der Waals surface area contributed by atoms with Gasteiger partial charge in [0, 0.05) is 16.9 Å². The fraction of sp³-hybridized carbons (Fsp3) is 0.273. The third-order valence-electron chi connectivity index (χ3n) is 4.31. The quantitative estimate of drug-likeness (QED) is 0.624. The third-order valence-corrected chi connectivity index (χ3v) is 4.31. The zero-order valence-electron chi connectivity index (χ0n) is 15.9. The molecular formula is C22H22O5. The maximum absolute atomic E-state index is 12.4. The highest BCUT2D eigenvalue weighted by molar-refractivity contribution is 5.85. The summed E-state index contributed by atoms with van der Waals surface area (Å²) in [4.78, 5) is 24.4. The topological polar surface area (TPSA) is 65.7 Å². The maximum atomic E-state index is 12.4. The summed E-state index contributed by atoms with van der Waals surface area (Å²) in [6.07, 6.45) is 0. The Labute approximate surface area is 157 Å². The average Bonchev–Trinajstić information content (AvgIpc) is 2.64. The van der Waals surface area contributed by atoms with E-state index in [1.165, 1.54) is 0 Å². The lowest BCUT2D eigenvalue weighted by molar-refractivity contribution is -0.128. The van der Waals surface area contributed by atoms with Gasteiger partial charge in [-0.1, -0.05) is 32.9 Å². The largest absolute Gasteiger partial charge is 0.497 e. The SMILES string of the molecule is COc1ccc(-c2cc3ccc(OCC(=O)C(C)(C)C)cc3oc2=O)cc1. The van der Waals surface area contributed by atoms with Crippen LogP contribution < -0.4 is 15.1 Å². The van der Waals surface area contributed by atoms with Crippen LogP contribution in [0.25, 0.3) is 22.1 Å². The van der Waals surface area contributed by atoms with E-state index in [0.717, 1.165) is 16.7 Å². The van der Waals surface area contributed by atoms with Crippen molar-refractivity contribution in [3.05, 3.63) is 59.0 Å². The van der Waals surface area contributed by atoms with Gasteiger partial charge < -0.3 is 13.9 Å². The number of rotatable bonds is 5. The van der Waals surface area contributed by atoms with E-state index in [4.69, 9.17) is 13.9 Å². The number of carbonyl (C=O) groups is 1. The van der Waals surface area contributed by atoms with Crippen LogP contribution in [0.5, 0.6) is 11.5 Å². The van der Waals surface area contributed by atoms with E-state index in [0.29, 0.717) is 16.9 Å². The first-order valence-electron chi connectivity index (χ1n) is 8.66. The standard InChI is InChI=1S/C22H22O5/c1-22(2,3)20(23)13-26-17-10-7-15-11-18(21(24)27-19(15)12-17)14-5-8-16(25-4)9-6-14/h5-12H,13H2,1-4H3. The summed E-state index contributed by atoms with van der Waals surface area (Å²) in [6.45, 7) is 5.51. The van der Waals surface area contributed by atoms with Crippen LogP contribution in [0.4, 0.5) is 0 Å². The molecule has 3 rings (SSSR count). The van der Waals surface area contributed by atoms with Crippen molar-refractivity contribution in [2.45, 2.75) is 20.8 Å². The molecule has 0 aliphatic heterocycles. The molecule has 0 amide bonds. The van der Waals surface area contributed by atoms with Crippen LogP contribution in [0, 0.1) is 5.41 Å². The van der Waals surface area contributed by atoms with Gasteiger partial charge >= 0.3 is 5.63 Å². The number of benzene rings is 2. The molecule has 5 nitrogen and oxygen atoms in total. The van der Waals surface area contributed by atoms with E-state index in [1.807, 2.05) is 39.0 Å². The molecule has 1 aromatic heterocycles. The molecule has 0 spiro atoms. The van der Waals surface area contributed by atoms with E-state index in [9.17, 15) is 9.59 Å². The van der Waals surface area contributed by atoms with E-state index in [1.54, 1.807) is 37.4 Å². The highest BCUT2D eigenvalue weighted by Crippen LogP contribution is 2.26. The lowest BCUT2D eigenvalue weighted by atomic mass is 9.91. The second kappa shape index (κ2) is 7.27. The smallest absolute Gasteiger partial charge is 0.344 e. The number of ether oxygens (including phenoxy) is 2. The van der Waals surface area contributed by atoms with Crippen molar-refractivity contribution in [2.75, 3.05) is 13.7 Å². The van der Waals surface area contributed by atoms with Crippen molar-refractivity contribution in [2.24, 2.45) is 5.41 Å². The van der Waals surface area contributed by atoms with Crippen LogP contribution in [0.3, 0.4) is 0 Å². The normalized spacial score (nSPS) is 11.4. The highest BCUT2D eigenvalue weighted by Gasteiger charge is 2.21. The fourth-order valence-electron chi connectivity index (χ4n) is 2.52. The van der Waals surface area contributed by atoms with Crippen LogP contribution >= 0.6 is 0 Å². The van der Waals surface area contributed by atoms with Gasteiger partial charge in [0.05, 0.1) is 12.7 Å². The molecule has 3 aromatic rings. The summed E-state index contributed by atoms with van der Waals surface area (Å²) in [5.41, 5.74) is 0.745. The minimum absolute atomic E-state index is 0.00102. The number of hydrogen-bond acceptors (Lipinski definition) is 5. The van der Waals surface area contributed by atoms with Gasteiger partial charge in [0.15, 0.2) is 5.78 Å². The molecule has 5 heteroatoms. The third kappa shape index (κ3) is 4.19. The molecular weight excluding hydrogens is 344 g/mol. The molecule has 0 fully saturated rings. The van der Waals surface area contributed by atoms with E-state index in [-0.39, 0.29) is 12.4 Å². The number of hydrogen-bond donors (Lipinski definition) is 0. The van der Waals surface area contributed by atoms with Gasteiger partial charge in [0.1, 0.15) is 23.7 Å². The van der Waals surface area contributed by atoms with Gasteiger partial charge in [0.2, 0.25) is 0 Å². The maximum Gasteiger partial charge on any atom is 0.344 e. The molecule has 0 saturated heterocycles. The molecule has 2 aromatic carbocycles. The van der Waals surface area contributed by atoms with Crippen LogP contribution in [0.1, 0.15) is 20.8 Å². The molecule has 27 heavy (non-hydrogen) atoms. The van der Waals surface area contributed by atoms with Crippen molar-refractivity contribution in [3.8, 4) is 22.6 Å². The Morgan fingerprint density at radius 1 is 1.00 bits per heavy atom. The van der Waals surface area contributed by atoms with Crippen molar-refractivity contribution >= 4 is 16.8 Å². The second-order valence-corrected chi connectivity index (χ2v) is 7.34. The van der Waals surface area contributed by atoms with Crippen LogP contribution in [-0.4, -0.2) is 19.5 Å². The highest BCUT2D eigenvalue weighted by atomic mass is 16.5. The average molecular weight is 366 g/mol. The Morgan fingerprint density at radius 3 is 2.30 bits per heavy atom. The van der Waals surface area contributed by atoms with Crippen molar-refractivity contribution in [1.29, 1.82) is 0 Å². The molecule has 0 aliphatic carbocycles. The first-order chi connectivity index (χ1) is 12.8. The summed E-state index contributed by atoms with van der Waals surface area (Å²) in [5, 5.41) is 0.773. The van der Waals surface area contributed by atoms with E-state index >= 15 is 0 Å². The summed E-state index contributed by atoms with van der Waals surface area (Å²) in [5.74, 6) is 1.20. The Balaban J connectivity index is 1.88. The molecule has 0 aliphatic rings. The molecule has 140 valence electrons. The van der Waals surface area contributed by atoms with E-state index < -0.39 is 11.0 Å². The predicted molar refractivity (Wildman–Crippen MR) is 104 cm³/mol. The van der Waals surface area contributed by atoms with Crippen LogP contribution in [0.2, 0.25) is 0 Å². The number of Topliss-reactive ketones (excluding diaryl/α,β-unsaturated/α-hetero) is 1. The summed E-state index contributed by atoms with van der Waals surface area (Å²) in [6, 6.07) is 14.2. The number of carbonyl (C=O) groups excluding carboxylic acids is 1. The molecule has 0 radical (unpaired) electrons. The molecule has 0 atom stereocenters. The zero-order chi connectivity index (χ0) is 19.6. The molecule has 0 N–H and O–H groups in total. The Bertz CT molecular complexity index is 1020. The zero-order valence-corrected chi connectivity index (χ0v) is 15.9. The monoisotopic (exact) mass is 366 g/mol. The fourth-order valence-corrected chi connectivity index (χ4v) is 2.52. The number of ketones is 1. The molecule has 0 bridgehead atoms. The Kier molecular flexibility index (Phi) is 5.04. The predicted octanol–water partition coefficient (Wildman–Crippen LogP) is 4.46. The molecule has 0 unspecified atom stereocenters. The second-order valence-electron chi connectivity index (χ2n) is 7.34. The van der Waals surface area contributed by atoms with Crippen molar-refractivity contribution < 1.29 is 18.7 Å². The van der Waals surface area contributed by atoms with Gasteiger partial charge in [-0.15, -0.1) is 0 Å².